The summed E-state index contributed by atoms with van der Waals surface area (Å²) in [4.78, 5) is 17.0. The van der Waals surface area contributed by atoms with Gasteiger partial charge in [0.1, 0.15) is 0 Å². The molecule has 3 aromatic rings. The summed E-state index contributed by atoms with van der Waals surface area (Å²) in [6, 6.07) is 4.64. The maximum Gasteiger partial charge on any atom is 0.416 e. The van der Waals surface area contributed by atoms with Crippen molar-refractivity contribution in [2.45, 2.75) is 26.9 Å². The van der Waals surface area contributed by atoms with Gasteiger partial charge in [-0.1, -0.05) is 6.07 Å². The Labute approximate surface area is 188 Å². The highest BCUT2D eigenvalue weighted by molar-refractivity contribution is 6.05. The third kappa shape index (κ3) is 5.20. The second-order valence-electron chi connectivity index (χ2n) is 7.68. The number of halogens is 3. The van der Waals surface area contributed by atoms with E-state index in [1.54, 1.807) is 31.8 Å². The van der Waals surface area contributed by atoms with Gasteiger partial charge in [-0.25, -0.2) is 5.84 Å². The van der Waals surface area contributed by atoms with Crippen LogP contribution in [0.5, 0.6) is 0 Å². The van der Waals surface area contributed by atoms with Gasteiger partial charge in [0.25, 0.3) is 5.91 Å². The molecule has 4 N–H and O–H groups in total. The molecule has 8 nitrogen and oxygen atoms in total. The zero-order valence-electron chi connectivity index (χ0n) is 18.6. The second-order valence-corrected chi connectivity index (χ2v) is 7.68. The van der Waals surface area contributed by atoms with E-state index in [-0.39, 0.29) is 23.5 Å². The van der Waals surface area contributed by atoms with Crippen LogP contribution in [-0.4, -0.2) is 32.9 Å². The molecular formula is C22H24F3N7O. The van der Waals surface area contributed by atoms with E-state index in [0.29, 0.717) is 22.5 Å². The Morgan fingerprint density at radius 2 is 1.91 bits per heavy atom. The Hall–Kier alpha value is -3.73. The SMILES string of the molecule is Cc1ccc(C(F)(F)F)cc1NC(=O)c1cnc(C)c(N(N)CC(=N)c2cnn(C)c2C)c1. The molecule has 0 atom stereocenters. The first-order valence-electron chi connectivity index (χ1n) is 9.93. The van der Waals surface area contributed by atoms with Crippen molar-refractivity contribution < 1.29 is 18.0 Å². The largest absolute Gasteiger partial charge is 0.416 e. The topological polar surface area (TPSA) is 113 Å². The molecular weight excluding hydrogens is 435 g/mol. The number of aryl methyl sites for hydroxylation is 3. The lowest BCUT2D eigenvalue weighted by Gasteiger charge is -2.21. The van der Waals surface area contributed by atoms with E-state index in [1.807, 2.05) is 6.92 Å². The lowest BCUT2D eigenvalue weighted by atomic mass is 10.1. The molecule has 2 aromatic heterocycles. The first-order valence-corrected chi connectivity index (χ1v) is 9.93. The highest BCUT2D eigenvalue weighted by Gasteiger charge is 2.31. The minimum Gasteiger partial charge on any atom is -0.322 e. The number of rotatable bonds is 6. The molecule has 2 heterocycles. The molecule has 0 unspecified atom stereocenters. The van der Waals surface area contributed by atoms with Crippen LogP contribution in [0.25, 0.3) is 0 Å². The fourth-order valence-electron chi connectivity index (χ4n) is 3.20. The van der Waals surface area contributed by atoms with Gasteiger partial charge in [-0.15, -0.1) is 0 Å². The molecule has 0 saturated carbocycles. The zero-order valence-corrected chi connectivity index (χ0v) is 18.6. The number of nitrogens with zero attached hydrogens (tertiary/aromatic N) is 4. The molecule has 0 bridgehead atoms. The fraction of sp³-hybridized carbons (Fsp3) is 0.273. The predicted molar refractivity (Wildman–Crippen MR) is 119 cm³/mol. The smallest absolute Gasteiger partial charge is 0.322 e. The van der Waals surface area contributed by atoms with E-state index in [4.69, 9.17) is 11.3 Å². The van der Waals surface area contributed by atoms with Crippen molar-refractivity contribution >= 4 is 23.0 Å². The number of amides is 1. The number of hydrogen-bond donors (Lipinski definition) is 3. The molecule has 3 rings (SSSR count). The van der Waals surface area contributed by atoms with Crippen molar-refractivity contribution in [1.29, 1.82) is 5.41 Å². The van der Waals surface area contributed by atoms with Crippen LogP contribution in [-0.2, 0) is 13.2 Å². The average Bonchev–Trinajstić information content (AvgIpc) is 3.07. The Bertz CT molecular complexity index is 1220. The van der Waals surface area contributed by atoms with E-state index >= 15 is 0 Å². The van der Waals surface area contributed by atoms with Crippen LogP contribution in [0.2, 0.25) is 0 Å². The van der Waals surface area contributed by atoms with Crippen LogP contribution in [0.1, 0.15) is 38.4 Å². The molecule has 11 heteroatoms. The lowest BCUT2D eigenvalue weighted by Crippen LogP contribution is -2.37. The molecule has 0 aliphatic rings. The normalized spacial score (nSPS) is 11.4. The first-order chi connectivity index (χ1) is 15.4. The third-order valence-corrected chi connectivity index (χ3v) is 5.33. The van der Waals surface area contributed by atoms with E-state index < -0.39 is 17.6 Å². The number of pyridine rings is 1. The lowest BCUT2D eigenvalue weighted by molar-refractivity contribution is -0.137. The van der Waals surface area contributed by atoms with Crippen molar-refractivity contribution in [2.24, 2.45) is 12.9 Å². The molecule has 0 radical (unpaired) electrons. The Morgan fingerprint density at radius 1 is 1.21 bits per heavy atom. The Balaban J connectivity index is 1.82. The number of aromatic nitrogens is 3. The van der Waals surface area contributed by atoms with Crippen molar-refractivity contribution in [2.75, 3.05) is 16.9 Å². The summed E-state index contributed by atoms with van der Waals surface area (Å²) in [5.74, 6) is 5.55. The van der Waals surface area contributed by atoms with Crippen LogP contribution in [0.15, 0.2) is 36.7 Å². The first kappa shape index (κ1) is 23.9. The van der Waals surface area contributed by atoms with Gasteiger partial charge in [-0.05, 0) is 44.5 Å². The van der Waals surface area contributed by atoms with Crippen LogP contribution >= 0.6 is 0 Å². The Kier molecular flexibility index (Phi) is 6.54. The van der Waals surface area contributed by atoms with Crippen LogP contribution in [0, 0.1) is 26.2 Å². The van der Waals surface area contributed by atoms with Crippen LogP contribution < -0.4 is 16.2 Å². The molecule has 0 aliphatic heterocycles. The molecule has 1 amide bonds. The van der Waals surface area contributed by atoms with Crippen molar-refractivity contribution in [3.63, 3.8) is 0 Å². The highest BCUT2D eigenvalue weighted by atomic mass is 19.4. The number of carbonyl (C=O) groups is 1. The standard InChI is InChI=1S/C22H24F3N7O/c1-12-5-6-16(22(23,24)25)8-19(12)30-21(33)15-7-20(13(2)28-9-15)32(27)11-18(26)17-10-29-31(4)14(17)3/h5-10,26H,11,27H2,1-4H3,(H,30,33). The number of hydrazine groups is 1. The predicted octanol–water partition coefficient (Wildman–Crippen LogP) is 3.76. The molecule has 0 aliphatic carbocycles. The molecule has 0 saturated heterocycles. The van der Waals surface area contributed by atoms with Gasteiger partial charge in [0.2, 0.25) is 0 Å². The maximum absolute atomic E-state index is 13.0. The summed E-state index contributed by atoms with van der Waals surface area (Å²) in [5, 5.41) is 16.3. The van der Waals surface area contributed by atoms with Gasteiger partial charge < -0.3 is 15.7 Å². The quantitative estimate of drug-likeness (QED) is 0.295. The number of benzene rings is 1. The Morgan fingerprint density at radius 3 is 2.52 bits per heavy atom. The molecule has 0 spiro atoms. The summed E-state index contributed by atoms with van der Waals surface area (Å²) in [7, 11) is 1.77. The van der Waals surface area contributed by atoms with Crippen molar-refractivity contribution in [3.8, 4) is 0 Å². The molecule has 33 heavy (non-hydrogen) atoms. The van der Waals surface area contributed by atoms with E-state index in [2.05, 4.69) is 15.4 Å². The van der Waals surface area contributed by atoms with E-state index in [1.165, 1.54) is 23.3 Å². The van der Waals surface area contributed by atoms with E-state index in [0.717, 1.165) is 17.8 Å². The van der Waals surface area contributed by atoms with Crippen molar-refractivity contribution in [1.82, 2.24) is 14.8 Å². The second kappa shape index (κ2) is 9.02. The van der Waals surface area contributed by atoms with Gasteiger partial charge in [0.05, 0.1) is 41.0 Å². The fourth-order valence-corrected chi connectivity index (χ4v) is 3.20. The number of alkyl halides is 3. The van der Waals surface area contributed by atoms with Gasteiger partial charge >= 0.3 is 6.18 Å². The van der Waals surface area contributed by atoms with E-state index in [9.17, 15) is 18.0 Å². The number of nitrogens with one attached hydrogen (secondary N) is 2. The molecule has 1 aromatic carbocycles. The summed E-state index contributed by atoms with van der Waals surface area (Å²) >= 11 is 0. The zero-order chi connectivity index (χ0) is 24.5. The number of nitrogens with two attached hydrogens (primary N) is 1. The monoisotopic (exact) mass is 459 g/mol. The van der Waals surface area contributed by atoms with Gasteiger partial charge in [-0.3, -0.25) is 14.5 Å². The minimum absolute atomic E-state index is 0.0346. The molecule has 174 valence electrons. The number of hydrogen-bond acceptors (Lipinski definition) is 6. The summed E-state index contributed by atoms with van der Waals surface area (Å²) in [5.41, 5.74) is 2.43. The number of carbonyl (C=O) groups excluding carboxylic acids is 1. The van der Waals surface area contributed by atoms with Gasteiger partial charge in [-0.2, -0.15) is 18.3 Å². The summed E-state index contributed by atoms with van der Waals surface area (Å²) in [6.07, 6.45) is -1.62. The van der Waals surface area contributed by atoms with Crippen molar-refractivity contribution in [3.05, 3.63) is 70.3 Å². The highest BCUT2D eigenvalue weighted by Crippen LogP contribution is 2.32. The van der Waals surface area contributed by atoms with Gasteiger partial charge in [0.15, 0.2) is 0 Å². The third-order valence-electron chi connectivity index (χ3n) is 5.33. The average molecular weight is 459 g/mol. The van der Waals surface area contributed by atoms with Gasteiger partial charge in [0, 0.05) is 30.2 Å². The summed E-state index contributed by atoms with van der Waals surface area (Å²) < 4.78 is 40.8. The maximum atomic E-state index is 13.0. The molecule has 0 fully saturated rings. The minimum atomic E-state index is -4.52. The number of anilines is 2. The van der Waals surface area contributed by atoms with Crippen LogP contribution in [0.4, 0.5) is 24.5 Å². The summed E-state index contributed by atoms with van der Waals surface area (Å²) in [6.45, 7) is 5.17. The van der Waals surface area contributed by atoms with Crippen LogP contribution in [0.3, 0.4) is 0 Å².